The third kappa shape index (κ3) is 2.73. The van der Waals surface area contributed by atoms with E-state index in [9.17, 15) is 0 Å². The van der Waals surface area contributed by atoms with Gasteiger partial charge in [-0.15, -0.1) is 15.3 Å². The van der Waals surface area contributed by atoms with Gasteiger partial charge in [0.25, 0.3) is 0 Å². The van der Waals surface area contributed by atoms with Gasteiger partial charge in [-0.05, 0) is 32.9 Å². The van der Waals surface area contributed by atoms with Gasteiger partial charge in [0.05, 0.1) is 12.2 Å². The average molecular weight is 327 g/mol. The van der Waals surface area contributed by atoms with Gasteiger partial charge in [-0.1, -0.05) is 0 Å². The molecule has 3 aromatic rings. The van der Waals surface area contributed by atoms with E-state index < -0.39 is 0 Å². The van der Waals surface area contributed by atoms with Crippen LogP contribution in [0.3, 0.4) is 0 Å². The quantitative estimate of drug-likeness (QED) is 0.720. The Labute approximate surface area is 140 Å². The van der Waals surface area contributed by atoms with Gasteiger partial charge in [0, 0.05) is 25.7 Å². The zero-order valence-corrected chi connectivity index (χ0v) is 14.2. The highest BCUT2D eigenvalue weighted by Gasteiger charge is 2.26. The lowest BCUT2D eigenvalue weighted by molar-refractivity contribution is 0.200. The molecule has 0 saturated carbocycles. The van der Waals surface area contributed by atoms with Crippen molar-refractivity contribution in [2.75, 3.05) is 24.5 Å². The van der Waals surface area contributed by atoms with Crippen molar-refractivity contribution in [3.8, 4) is 0 Å². The van der Waals surface area contributed by atoms with Gasteiger partial charge in [-0.25, -0.2) is 4.98 Å². The van der Waals surface area contributed by atoms with Gasteiger partial charge in [-0.2, -0.15) is 4.52 Å². The Morgan fingerprint density at radius 3 is 2.88 bits per heavy atom. The van der Waals surface area contributed by atoms with E-state index in [4.69, 9.17) is 4.42 Å². The molecule has 0 radical (unpaired) electrons. The van der Waals surface area contributed by atoms with Crippen LogP contribution in [0.1, 0.15) is 24.3 Å². The second kappa shape index (κ2) is 5.86. The molecule has 24 heavy (non-hydrogen) atoms. The van der Waals surface area contributed by atoms with Crippen LogP contribution in [-0.4, -0.2) is 55.4 Å². The van der Waals surface area contributed by atoms with E-state index in [0.29, 0.717) is 6.04 Å². The first-order chi connectivity index (χ1) is 11.6. The number of piperazine rings is 1. The van der Waals surface area contributed by atoms with Crippen LogP contribution in [0.4, 0.5) is 5.82 Å². The van der Waals surface area contributed by atoms with E-state index in [1.165, 1.54) is 0 Å². The highest BCUT2D eigenvalue weighted by Crippen LogP contribution is 2.20. The molecule has 4 heterocycles. The molecular weight excluding hydrogens is 306 g/mol. The molecule has 0 bridgehead atoms. The van der Waals surface area contributed by atoms with E-state index in [1.807, 2.05) is 26.0 Å². The van der Waals surface area contributed by atoms with Gasteiger partial charge in [0.1, 0.15) is 17.9 Å². The Kier molecular flexibility index (Phi) is 3.68. The van der Waals surface area contributed by atoms with E-state index in [-0.39, 0.29) is 0 Å². The van der Waals surface area contributed by atoms with Crippen molar-refractivity contribution in [3.63, 3.8) is 0 Å². The zero-order chi connectivity index (χ0) is 16.7. The minimum absolute atomic E-state index is 0.359. The summed E-state index contributed by atoms with van der Waals surface area (Å²) < 4.78 is 7.42. The van der Waals surface area contributed by atoms with E-state index in [1.54, 1.807) is 10.8 Å². The molecule has 0 aromatic carbocycles. The highest BCUT2D eigenvalue weighted by atomic mass is 16.4. The molecule has 1 atom stereocenters. The summed E-state index contributed by atoms with van der Waals surface area (Å²) in [6.45, 7) is 9.73. The van der Waals surface area contributed by atoms with E-state index in [2.05, 4.69) is 37.0 Å². The molecule has 0 N–H and O–H groups in total. The number of oxazole rings is 1. The fraction of sp³-hybridized carbons (Fsp3) is 0.500. The lowest BCUT2D eigenvalue weighted by Gasteiger charge is -2.40. The van der Waals surface area contributed by atoms with Crippen molar-refractivity contribution in [1.82, 2.24) is 29.7 Å². The largest absolute Gasteiger partial charge is 0.444 e. The van der Waals surface area contributed by atoms with Crippen molar-refractivity contribution in [1.29, 1.82) is 0 Å². The van der Waals surface area contributed by atoms with E-state index >= 15 is 0 Å². The first-order valence-corrected chi connectivity index (χ1v) is 8.19. The minimum Gasteiger partial charge on any atom is -0.444 e. The molecule has 0 aliphatic carbocycles. The maximum atomic E-state index is 5.71. The Hall–Kier alpha value is -2.48. The summed E-state index contributed by atoms with van der Waals surface area (Å²) in [6, 6.07) is 4.32. The summed E-state index contributed by atoms with van der Waals surface area (Å²) >= 11 is 0. The zero-order valence-electron chi connectivity index (χ0n) is 14.2. The molecule has 0 unspecified atom stereocenters. The summed E-state index contributed by atoms with van der Waals surface area (Å²) in [4.78, 5) is 9.18. The second-order valence-corrected chi connectivity index (χ2v) is 6.35. The fourth-order valence-corrected chi connectivity index (χ4v) is 3.19. The van der Waals surface area contributed by atoms with Crippen LogP contribution in [0.25, 0.3) is 5.65 Å². The topological polar surface area (TPSA) is 75.6 Å². The number of hydrogen-bond acceptors (Lipinski definition) is 7. The van der Waals surface area contributed by atoms with Gasteiger partial charge in [-0.3, -0.25) is 4.90 Å². The monoisotopic (exact) mass is 327 g/mol. The fourth-order valence-electron chi connectivity index (χ4n) is 3.19. The first kappa shape index (κ1) is 15.1. The molecule has 1 fully saturated rings. The molecule has 1 aliphatic heterocycles. The third-order valence-corrected chi connectivity index (χ3v) is 4.59. The summed E-state index contributed by atoms with van der Waals surface area (Å²) in [6.07, 6.45) is 1.63. The highest BCUT2D eigenvalue weighted by molar-refractivity contribution is 5.46. The Morgan fingerprint density at radius 2 is 2.12 bits per heavy atom. The number of aryl methyl sites for hydroxylation is 2. The van der Waals surface area contributed by atoms with Crippen molar-refractivity contribution >= 4 is 11.5 Å². The maximum absolute atomic E-state index is 5.71. The molecular formula is C16H21N7O. The van der Waals surface area contributed by atoms with Crippen LogP contribution in [0.5, 0.6) is 0 Å². The summed E-state index contributed by atoms with van der Waals surface area (Å²) in [5.74, 6) is 2.66. The Balaban J connectivity index is 1.45. The van der Waals surface area contributed by atoms with Crippen molar-refractivity contribution in [2.45, 2.75) is 33.4 Å². The first-order valence-electron chi connectivity index (χ1n) is 8.19. The second-order valence-electron chi connectivity index (χ2n) is 6.35. The van der Waals surface area contributed by atoms with Gasteiger partial charge < -0.3 is 9.32 Å². The van der Waals surface area contributed by atoms with Gasteiger partial charge >= 0.3 is 0 Å². The maximum Gasteiger partial charge on any atom is 0.208 e. The van der Waals surface area contributed by atoms with Crippen LogP contribution >= 0.6 is 0 Å². The lowest BCUT2D eigenvalue weighted by Crippen LogP contribution is -2.52. The molecule has 8 heteroatoms. The van der Waals surface area contributed by atoms with Crippen LogP contribution in [-0.2, 0) is 6.54 Å². The Morgan fingerprint density at radius 1 is 1.25 bits per heavy atom. The van der Waals surface area contributed by atoms with Gasteiger partial charge in [0.15, 0.2) is 5.65 Å². The summed E-state index contributed by atoms with van der Waals surface area (Å²) in [7, 11) is 0. The molecule has 0 amide bonds. The van der Waals surface area contributed by atoms with Crippen LogP contribution in [0, 0.1) is 13.8 Å². The normalized spacial score (nSPS) is 19.3. The Bertz CT molecular complexity index is 836. The lowest BCUT2D eigenvalue weighted by atomic mass is 10.2. The molecule has 3 aromatic heterocycles. The molecule has 1 aliphatic rings. The molecule has 1 saturated heterocycles. The predicted octanol–water partition coefficient (Wildman–Crippen LogP) is 1.44. The smallest absolute Gasteiger partial charge is 0.208 e. The molecule has 4 rings (SSSR count). The third-order valence-electron chi connectivity index (χ3n) is 4.59. The van der Waals surface area contributed by atoms with Crippen molar-refractivity contribution < 1.29 is 4.42 Å². The predicted molar refractivity (Wildman–Crippen MR) is 88.8 cm³/mol. The number of nitrogens with zero attached hydrogens (tertiary/aromatic N) is 7. The van der Waals surface area contributed by atoms with Crippen LogP contribution < -0.4 is 4.90 Å². The number of hydrogen-bond donors (Lipinski definition) is 0. The number of rotatable bonds is 3. The molecule has 126 valence electrons. The number of fused-ring (bicyclic) bond motifs is 1. The average Bonchev–Trinajstić information content (AvgIpc) is 3.13. The van der Waals surface area contributed by atoms with Crippen LogP contribution in [0.15, 0.2) is 22.9 Å². The minimum atomic E-state index is 0.359. The van der Waals surface area contributed by atoms with Gasteiger partial charge in [0.2, 0.25) is 5.89 Å². The van der Waals surface area contributed by atoms with Crippen molar-refractivity contribution in [3.05, 3.63) is 35.8 Å². The van der Waals surface area contributed by atoms with Crippen LogP contribution in [0.2, 0.25) is 0 Å². The standard InChI is InChI=1S/C16H21N7O/c1-11-8-21(9-16-18-12(2)13(3)24-16)6-7-22(11)15-5-4-14-19-17-10-23(14)20-15/h4-5,10-11H,6-9H2,1-3H3/t11-/m1/s1. The SMILES string of the molecule is Cc1nc(CN2CCN(c3ccc4nncn4n3)[C@H](C)C2)oc1C. The number of aromatic nitrogens is 5. The summed E-state index contributed by atoms with van der Waals surface area (Å²) in [5, 5.41) is 12.5. The number of anilines is 1. The van der Waals surface area contributed by atoms with Crippen molar-refractivity contribution in [2.24, 2.45) is 0 Å². The van der Waals surface area contributed by atoms with E-state index in [0.717, 1.165) is 55.0 Å². The molecule has 0 spiro atoms. The summed E-state index contributed by atoms with van der Waals surface area (Å²) in [5.41, 5.74) is 1.74. The molecule has 8 nitrogen and oxygen atoms in total.